The van der Waals surface area contributed by atoms with Gasteiger partial charge >= 0.3 is 0 Å². The van der Waals surface area contributed by atoms with Crippen LogP contribution in [0.1, 0.15) is 19.4 Å². The third-order valence-electron chi connectivity index (χ3n) is 1.85. The Labute approximate surface area is 86.4 Å². The highest BCUT2D eigenvalue weighted by atomic mass is 16.5. The molecule has 76 valence electrons. The average Bonchev–Trinajstić information content (AvgIpc) is 2.18. The van der Waals surface area contributed by atoms with Crippen molar-refractivity contribution in [2.24, 2.45) is 5.92 Å². The van der Waals surface area contributed by atoms with Gasteiger partial charge in [0.1, 0.15) is 0 Å². The third-order valence-corrected chi connectivity index (χ3v) is 1.85. The van der Waals surface area contributed by atoms with Gasteiger partial charge in [-0.15, -0.1) is 0 Å². The van der Waals surface area contributed by atoms with E-state index < -0.39 is 0 Å². The van der Waals surface area contributed by atoms with E-state index in [9.17, 15) is 0 Å². The van der Waals surface area contributed by atoms with E-state index in [2.05, 4.69) is 38.1 Å². The molecule has 0 heterocycles. The molecule has 0 fully saturated rings. The molecule has 0 aliphatic rings. The lowest BCUT2D eigenvalue weighted by Crippen LogP contribution is -1.92. The molecule has 0 bridgehead atoms. The van der Waals surface area contributed by atoms with Crippen molar-refractivity contribution in [2.75, 3.05) is 6.61 Å². The molecule has 0 aliphatic heterocycles. The second kappa shape index (κ2) is 6.39. The molecule has 0 radical (unpaired) electrons. The third kappa shape index (κ3) is 4.83. The van der Waals surface area contributed by atoms with Gasteiger partial charge in [0.15, 0.2) is 0 Å². The lowest BCUT2D eigenvalue weighted by molar-refractivity contribution is 0.148. The Morgan fingerprint density at radius 2 is 1.93 bits per heavy atom. The van der Waals surface area contributed by atoms with Gasteiger partial charge in [-0.1, -0.05) is 56.3 Å². The summed E-state index contributed by atoms with van der Waals surface area (Å²) in [7, 11) is 0. The molecule has 0 aromatic heterocycles. The van der Waals surface area contributed by atoms with E-state index in [1.807, 2.05) is 18.2 Å². The molecule has 1 aromatic carbocycles. The topological polar surface area (TPSA) is 9.23 Å². The van der Waals surface area contributed by atoms with Crippen LogP contribution in [0.15, 0.2) is 42.5 Å². The van der Waals surface area contributed by atoms with E-state index >= 15 is 0 Å². The lowest BCUT2D eigenvalue weighted by atomic mass is 10.2. The molecule has 0 aliphatic carbocycles. The summed E-state index contributed by atoms with van der Waals surface area (Å²) in [5.41, 5.74) is 1.23. The van der Waals surface area contributed by atoms with Gasteiger partial charge in [-0.3, -0.25) is 0 Å². The summed E-state index contributed by atoms with van der Waals surface area (Å²) < 4.78 is 5.48. The predicted molar refractivity (Wildman–Crippen MR) is 60.1 cm³/mol. The minimum atomic E-state index is 0.607. The monoisotopic (exact) mass is 190 g/mol. The van der Waals surface area contributed by atoms with Crippen LogP contribution in [0.2, 0.25) is 0 Å². The lowest BCUT2D eigenvalue weighted by Gasteiger charge is -2.01. The maximum Gasteiger partial charge on any atom is 0.0721 e. The molecule has 0 spiro atoms. The van der Waals surface area contributed by atoms with E-state index in [-0.39, 0.29) is 0 Å². The summed E-state index contributed by atoms with van der Waals surface area (Å²) in [6.07, 6.45) is 4.23. The van der Waals surface area contributed by atoms with Crippen LogP contribution in [0.3, 0.4) is 0 Å². The van der Waals surface area contributed by atoms with Crippen LogP contribution in [0.5, 0.6) is 0 Å². The van der Waals surface area contributed by atoms with Gasteiger partial charge in [-0.05, 0) is 11.5 Å². The van der Waals surface area contributed by atoms with Crippen LogP contribution in [0, 0.1) is 5.92 Å². The number of benzene rings is 1. The molecule has 1 heteroatoms. The van der Waals surface area contributed by atoms with Crippen molar-refractivity contribution in [2.45, 2.75) is 20.5 Å². The van der Waals surface area contributed by atoms with Crippen LogP contribution in [0.4, 0.5) is 0 Å². The molecule has 0 N–H and O–H groups in total. The van der Waals surface area contributed by atoms with Crippen LogP contribution in [-0.4, -0.2) is 6.61 Å². The molecule has 1 nitrogen and oxygen atoms in total. The van der Waals surface area contributed by atoms with Gasteiger partial charge in [0, 0.05) is 0 Å². The zero-order valence-electron chi connectivity index (χ0n) is 8.94. The summed E-state index contributed by atoms with van der Waals surface area (Å²) in [5, 5.41) is 0. The Morgan fingerprint density at radius 1 is 1.21 bits per heavy atom. The van der Waals surface area contributed by atoms with Crippen LogP contribution >= 0.6 is 0 Å². The molecule has 0 saturated carbocycles. The van der Waals surface area contributed by atoms with Crippen molar-refractivity contribution in [3.05, 3.63) is 48.0 Å². The fourth-order valence-corrected chi connectivity index (χ4v) is 1.15. The van der Waals surface area contributed by atoms with Crippen molar-refractivity contribution in [3.63, 3.8) is 0 Å². The molecule has 1 rings (SSSR count). The van der Waals surface area contributed by atoms with E-state index in [0.29, 0.717) is 19.1 Å². The number of hydrogen-bond donors (Lipinski definition) is 0. The maximum atomic E-state index is 5.48. The smallest absolute Gasteiger partial charge is 0.0721 e. The van der Waals surface area contributed by atoms with Crippen molar-refractivity contribution >= 4 is 0 Å². The Balaban J connectivity index is 2.16. The van der Waals surface area contributed by atoms with Crippen LogP contribution < -0.4 is 0 Å². The first-order valence-corrected chi connectivity index (χ1v) is 5.07. The van der Waals surface area contributed by atoms with Gasteiger partial charge < -0.3 is 4.74 Å². The fourth-order valence-electron chi connectivity index (χ4n) is 1.15. The highest BCUT2D eigenvalue weighted by Gasteiger charge is 1.89. The second-order valence-electron chi connectivity index (χ2n) is 3.67. The van der Waals surface area contributed by atoms with E-state index in [1.165, 1.54) is 5.56 Å². The predicted octanol–water partition coefficient (Wildman–Crippen LogP) is 3.42. The normalized spacial score (nSPS) is 11.4. The molecular weight excluding hydrogens is 172 g/mol. The second-order valence-corrected chi connectivity index (χ2v) is 3.67. The molecule has 14 heavy (non-hydrogen) atoms. The van der Waals surface area contributed by atoms with Crippen molar-refractivity contribution < 1.29 is 4.74 Å². The van der Waals surface area contributed by atoms with Gasteiger partial charge in [0.2, 0.25) is 0 Å². The highest BCUT2D eigenvalue weighted by molar-refractivity contribution is 5.13. The SMILES string of the molecule is CC(C)/C=C/COCc1ccccc1. The molecule has 0 atom stereocenters. The molecular formula is C13H18O. The van der Waals surface area contributed by atoms with Gasteiger partial charge in [-0.2, -0.15) is 0 Å². The largest absolute Gasteiger partial charge is 0.373 e. The van der Waals surface area contributed by atoms with E-state index in [1.54, 1.807) is 0 Å². The minimum Gasteiger partial charge on any atom is -0.373 e. The fraction of sp³-hybridized carbons (Fsp3) is 0.385. The summed E-state index contributed by atoms with van der Waals surface area (Å²) in [6, 6.07) is 10.2. The average molecular weight is 190 g/mol. The Bertz CT molecular complexity index is 262. The minimum absolute atomic E-state index is 0.607. The first-order chi connectivity index (χ1) is 6.79. The summed E-state index contributed by atoms with van der Waals surface area (Å²) >= 11 is 0. The Hall–Kier alpha value is -1.08. The quantitative estimate of drug-likeness (QED) is 0.510. The number of rotatable bonds is 5. The van der Waals surface area contributed by atoms with Gasteiger partial charge in [-0.25, -0.2) is 0 Å². The number of allylic oxidation sites excluding steroid dienone is 1. The Kier molecular flexibility index (Phi) is 5.02. The highest BCUT2D eigenvalue weighted by Crippen LogP contribution is 2.00. The summed E-state index contributed by atoms with van der Waals surface area (Å²) in [4.78, 5) is 0. The molecule has 0 saturated heterocycles. The van der Waals surface area contributed by atoms with Gasteiger partial charge in [0.25, 0.3) is 0 Å². The molecule has 1 aromatic rings. The number of hydrogen-bond acceptors (Lipinski definition) is 1. The zero-order valence-corrected chi connectivity index (χ0v) is 8.94. The first-order valence-electron chi connectivity index (χ1n) is 5.07. The summed E-state index contributed by atoms with van der Waals surface area (Å²) in [5.74, 6) is 0.607. The standard InChI is InChI=1S/C13H18O/c1-12(2)7-6-10-14-11-13-8-4-3-5-9-13/h3-9,12H,10-11H2,1-2H3/b7-6+. The van der Waals surface area contributed by atoms with E-state index in [0.717, 1.165) is 0 Å². The Morgan fingerprint density at radius 3 is 2.57 bits per heavy atom. The van der Waals surface area contributed by atoms with Crippen LogP contribution in [0.25, 0.3) is 0 Å². The van der Waals surface area contributed by atoms with Crippen LogP contribution in [-0.2, 0) is 11.3 Å². The van der Waals surface area contributed by atoms with Crippen molar-refractivity contribution in [3.8, 4) is 0 Å². The molecule has 0 amide bonds. The number of ether oxygens (including phenoxy) is 1. The van der Waals surface area contributed by atoms with Crippen molar-refractivity contribution in [1.82, 2.24) is 0 Å². The summed E-state index contributed by atoms with van der Waals surface area (Å²) in [6.45, 7) is 5.72. The maximum absolute atomic E-state index is 5.48. The van der Waals surface area contributed by atoms with Gasteiger partial charge in [0.05, 0.1) is 13.2 Å². The zero-order chi connectivity index (χ0) is 10.2. The van der Waals surface area contributed by atoms with Crippen molar-refractivity contribution in [1.29, 1.82) is 0 Å². The van der Waals surface area contributed by atoms with E-state index in [4.69, 9.17) is 4.74 Å². The first kappa shape index (κ1) is 11.0. The molecule has 0 unspecified atom stereocenters.